The largest absolute Gasteiger partial charge is 0.367 e. The highest BCUT2D eigenvalue weighted by Crippen LogP contribution is 2.38. The molecule has 0 spiro atoms. The highest BCUT2D eigenvalue weighted by molar-refractivity contribution is 6.31. The number of aromatic nitrogens is 4. The van der Waals surface area contributed by atoms with E-state index in [9.17, 15) is 4.39 Å². The van der Waals surface area contributed by atoms with Crippen molar-refractivity contribution in [1.82, 2.24) is 19.9 Å². The summed E-state index contributed by atoms with van der Waals surface area (Å²) in [5.41, 5.74) is 1.80. The Morgan fingerprint density at radius 1 is 1.33 bits per heavy atom. The Labute approximate surface area is 162 Å². The first kappa shape index (κ1) is 18.2. The molecule has 0 aliphatic heterocycles. The molecule has 5 nitrogen and oxygen atoms in total. The number of aromatic amines is 1. The molecule has 4 rings (SSSR count). The Balaban J connectivity index is 1.57. The van der Waals surface area contributed by atoms with E-state index in [0.29, 0.717) is 27.8 Å². The van der Waals surface area contributed by atoms with Crippen molar-refractivity contribution in [1.29, 1.82) is 0 Å². The van der Waals surface area contributed by atoms with Gasteiger partial charge in [-0.2, -0.15) is 0 Å². The standard InChI is InChI=1S/C20H23ClFN5/c1-20(2)5-3-4-12(7-20)8-23-19-16(22)11-26-18(27-19)15-10-25-17-14(15)6-13(21)9-24-17/h6,9-12H,3-5,7-8H2,1-2H3,(H,24,25)(H,23,26,27). The van der Waals surface area contributed by atoms with Crippen molar-refractivity contribution in [2.45, 2.75) is 39.5 Å². The molecule has 0 amide bonds. The maximum atomic E-state index is 14.3. The Bertz CT molecular complexity index is 968. The van der Waals surface area contributed by atoms with Crippen LogP contribution in [0.2, 0.25) is 5.02 Å². The van der Waals surface area contributed by atoms with Gasteiger partial charge in [-0.15, -0.1) is 0 Å². The van der Waals surface area contributed by atoms with E-state index in [-0.39, 0.29) is 5.82 Å². The van der Waals surface area contributed by atoms with Crippen LogP contribution < -0.4 is 5.32 Å². The summed E-state index contributed by atoms with van der Waals surface area (Å²) in [6.45, 7) is 5.33. The summed E-state index contributed by atoms with van der Waals surface area (Å²) in [6.07, 6.45) is 9.36. The third-order valence-electron chi connectivity index (χ3n) is 5.35. The molecule has 1 aliphatic carbocycles. The van der Waals surface area contributed by atoms with Crippen molar-refractivity contribution in [3.8, 4) is 11.4 Å². The van der Waals surface area contributed by atoms with Crippen LogP contribution in [0.15, 0.2) is 24.7 Å². The van der Waals surface area contributed by atoms with Crippen LogP contribution in [-0.4, -0.2) is 26.5 Å². The van der Waals surface area contributed by atoms with E-state index >= 15 is 0 Å². The van der Waals surface area contributed by atoms with Crippen molar-refractivity contribution < 1.29 is 4.39 Å². The van der Waals surface area contributed by atoms with E-state index in [4.69, 9.17) is 11.6 Å². The monoisotopic (exact) mass is 387 g/mol. The Hall–Kier alpha value is -2.21. The summed E-state index contributed by atoms with van der Waals surface area (Å²) in [4.78, 5) is 15.9. The average molecular weight is 388 g/mol. The topological polar surface area (TPSA) is 66.5 Å². The summed E-state index contributed by atoms with van der Waals surface area (Å²) in [5, 5.41) is 4.55. The Morgan fingerprint density at radius 2 is 2.19 bits per heavy atom. The van der Waals surface area contributed by atoms with Crippen molar-refractivity contribution in [3.63, 3.8) is 0 Å². The van der Waals surface area contributed by atoms with E-state index in [1.54, 1.807) is 18.5 Å². The molecule has 1 saturated carbocycles. The molecule has 3 aromatic rings. The number of halogens is 2. The van der Waals surface area contributed by atoms with Crippen molar-refractivity contribution in [2.24, 2.45) is 11.3 Å². The summed E-state index contributed by atoms with van der Waals surface area (Å²) in [5.74, 6) is 0.776. The number of nitrogens with zero attached hydrogens (tertiary/aromatic N) is 3. The molecule has 1 aliphatic rings. The zero-order valence-electron chi connectivity index (χ0n) is 15.5. The fourth-order valence-electron chi connectivity index (χ4n) is 4.05. The summed E-state index contributed by atoms with van der Waals surface area (Å²) in [6, 6.07) is 1.81. The SMILES string of the molecule is CC1(C)CCCC(CNc2nc(-c3c[nH]c4ncc(Cl)cc34)ncc2F)C1. The van der Waals surface area contributed by atoms with Crippen molar-refractivity contribution >= 4 is 28.5 Å². The van der Waals surface area contributed by atoms with E-state index in [0.717, 1.165) is 23.9 Å². The summed E-state index contributed by atoms with van der Waals surface area (Å²) < 4.78 is 14.3. The first-order valence-corrected chi connectivity index (χ1v) is 9.68. The van der Waals surface area contributed by atoms with E-state index in [1.165, 1.54) is 25.5 Å². The van der Waals surface area contributed by atoms with E-state index in [2.05, 4.69) is 39.1 Å². The van der Waals surface area contributed by atoms with Crippen LogP contribution in [0.4, 0.5) is 10.2 Å². The molecule has 0 aromatic carbocycles. The molecule has 2 N–H and O–H groups in total. The molecule has 0 bridgehead atoms. The van der Waals surface area contributed by atoms with Gasteiger partial charge in [-0.3, -0.25) is 0 Å². The van der Waals surface area contributed by atoms with Crippen LogP contribution in [0.25, 0.3) is 22.4 Å². The Morgan fingerprint density at radius 3 is 3.00 bits per heavy atom. The highest BCUT2D eigenvalue weighted by atomic mass is 35.5. The van der Waals surface area contributed by atoms with Crippen molar-refractivity contribution in [3.05, 3.63) is 35.5 Å². The number of fused-ring (bicyclic) bond motifs is 1. The molecule has 27 heavy (non-hydrogen) atoms. The van der Waals surface area contributed by atoms with Crippen LogP contribution in [0.1, 0.15) is 39.5 Å². The number of pyridine rings is 1. The second kappa shape index (κ2) is 7.08. The molecule has 0 radical (unpaired) electrons. The van der Waals surface area contributed by atoms with Crippen molar-refractivity contribution in [2.75, 3.05) is 11.9 Å². The fourth-order valence-corrected chi connectivity index (χ4v) is 4.21. The summed E-state index contributed by atoms with van der Waals surface area (Å²) in [7, 11) is 0. The molecule has 3 heterocycles. The van der Waals surface area contributed by atoms with Gasteiger partial charge in [0, 0.05) is 29.9 Å². The molecular formula is C20H23ClFN5. The lowest BCUT2D eigenvalue weighted by atomic mass is 9.72. The van der Waals surface area contributed by atoms with Gasteiger partial charge in [0.05, 0.1) is 11.2 Å². The molecular weight excluding hydrogens is 365 g/mol. The van der Waals surface area contributed by atoms with Crippen LogP contribution in [0, 0.1) is 17.2 Å². The van der Waals surface area contributed by atoms with Gasteiger partial charge in [-0.1, -0.05) is 31.9 Å². The maximum absolute atomic E-state index is 14.3. The molecule has 3 aromatic heterocycles. The maximum Gasteiger partial charge on any atom is 0.183 e. The smallest absolute Gasteiger partial charge is 0.183 e. The lowest BCUT2D eigenvalue weighted by molar-refractivity contribution is 0.187. The average Bonchev–Trinajstić information content (AvgIpc) is 3.03. The number of hydrogen-bond donors (Lipinski definition) is 2. The van der Waals surface area contributed by atoms with Crippen LogP contribution >= 0.6 is 11.6 Å². The molecule has 1 unspecified atom stereocenters. The summed E-state index contributed by atoms with van der Waals surface area (Å²) >= 11 is 6.06. The quantitative estimate of drug-likeness (QED) is 0.625. The zero-order chi connectivity index (χ0) is 19.0. The van der Waals surface area contributed by atoms with Crippen LogP contribution in [0.5, 0.6) is 0 Å². The van der Waals surface area contributed by atoms with Gasteiger partial charge in [-0.05, 0) is 36.7 Å². The van der Waals surface area contributed by atoms with Gasteiger partial charge in [0.15, 0.2) is 17.5 Å². The Kier molecular flexibility index (Phi) is 4.76. The third-order valence-corrected chi connectivity index (χ3v) is 5.55. The minimum Gasteiger partial charge on any atom is -0.367 e. The normalized spacial score (nSPS) is 19.3. The third kappa shape index (κ3) is 3.90. The van der Waals surface area contributed by atoms with Gasteiger partial charge in [-0.25, -0.2) is 19.3 Å². The number of rotatable bonds is 4. The lowest BCUT2D eigenvalue weighted by Gasteiger charge is -2.35. The van der Waals surface area contributed by atoms with Gasteiger partial charge < -0.3 is 10.3 Å². The predicted octanol–water partition coefficient (Wildman–Crippen LogP) is 5.44. The minimum absolute atomic E-state index is 0.243. The first-order chi connectivity index (χ1) is 12.9. The lowest BCUT2D eigenvalue weighted by Crippen LogP contribution is -2.27. The second-order valence-corrected chi connectivity index (χ2v) is 8.59. The van der Waals surface area contributed by atoms with Crippen LogP contribution in [-0.2, 0) is 0 Å². The molecule has 142 valence electrons. The minimum atomic E-state index is -0.440. The van der Waals surface area contributed by atoms with Gasteiger partial charge in [0.1, 0.15) is 5.65 Å². The number of hydrogen-bond acceptors (Lipinski definition) is 4. The van der Waals surface area contributed by atoms with Gasteiger partial charge in [0.2, 0.25) is 0 Å². The highest BCUT2D eigenvalue weighted by Gasteiger charge is 2.28. The molecule has 0 saturated heterocycles. The first-order valence-electron chi connectivity index (χ1n) is 9.31. The van der Waals surface area contributed by atoms with Gasteiger partial charge >= 0.3 is 0 Å². The van der Waals surface area contributed by atoms with E-state index < -0.39 is 5.82 Å². The molecule has 1 atom stereocenters. The number of nitrogens with one attached hydrogen (secondary N) is 2. The predicted molar refractivity (Wildman–Crippen MR) is 106 cm³/mol. The van der Waals surface area contributed by atoms with E-state index in [1.807, 2.05) is 0 Å². The van der Waals surface area contributed by atoms with Gasteiger partial charge in [0.25, 0.3) is 0 Å². The number of H-pyrrole nitrogens is 1. The zero-order valence-corrected chi connectivity index (χ0v) is 16.3. The van der Waals surface area contributed by atoms with Crippen LogP contribution in [0.3, 0.4) is 0 Å². The number of anilines is 1. The molecule has 7 heteroatoms. The molecule has 1 fully saturated rings. The fraction of sp³-hybridized carbons (Fsp3) is 0.450. The second-order valence-electron chi connectivity index (χ2n) is 8.15.